The van der Waals surface area contributed by atoms with Crippen molar-refractivity contribution in [1.29, 1.82) is 0 Å². The highest BCUT2D eigenvalue weighted by molar-refractivity contribution is 5.94. The summed E-state index contributed by atoms with van der Waals surface area (Å²) in [6.45, 7) is 7.17. The molecule has 2 rings (SSSR count). The summed E-state index contributed by atoms with van der Waals surface area (Å²) in [6, 6.07) is 7.98. The van der Waals surface area contributed by atoms with E-state index >= 15 is 0 Å². The molecule has 0 heterocycles. The van der Waals surface area contributed by atoms with E-state index in [0.717, 1.165) is 31.1 Å². The van der Waals surface area contributed by atoms with Crippen LogP contribution in [-0.4, -0.2) is 37.5 Å². The predicted molar refractivity (Wildman–Crippen MR) is 79.7 cm³/mol. The summed E-state index contributed by atoms with van der Waals surface area (Å²) in [7, 11) is 1.90. The van der Waals surface area contributed by atoms with Crippen molar-refractivity contribution in [2.75, 3.05) is 31.6 Å². The Bertz CT molecular complexity index is 419. The summed E-state index contributed by atoms with van der Waals surface area (Å²) in [5.41, 5.74) is 1.98. The maximum Gasteiger partial charge on any atom is 0.253 e. The lowest BCUT2D eigenvalue weighted by atomic mass is 10.1. The summed E-state index contributed by atoms with van der Waals surface area (Å²) < 4.78 is 0. The maximum absolute atomic E-state index is 12.2. The van der Waals surface area contributed by atoms with Crippen LogP contribution < -0.4 is 4.90 Å². The molecule has 3 nitrogen and oxygen atoms in total. The van der Waals surface area contributed by atoms with Crippen LogP contribution in [-0.2, 0) is 0 Å². The Morgan fingerprint density at radius 2 is 1.74 bits per heavy atom. The van der Waals surface area contributed by atoms with Gasteiger partial charge in [-0.3, -0.25) is 4.79 Å². The highest BCUT2D eigenvalue weighted by atomic mass is 16.2. The second-order valence-electron chi connectivity index (χ2n) is 5.35. The van der Waals surface area contributed by atoms with Crippen molar-refractivity contribution in [3.63, 3.8) is 0 Å². The number of rotatable bonds is 6. The minimum absolute atomic E-state index is 0.137. The number of carbonyl (C=O) groups excluding carboxylic acids is 1. The summed E-state index contributed by atoms with van der Waals surface area (Å²) >= 11 is 0. The van der Waals surface area contributed by atoms with E-state index in [-0.39, 0.29) is 5.91 Å². The van der Waals surface area contributed by atoms with Gasteiger partial charge in [0.1, 0.15) is 0 Å². The first kappa shape index (κ1) is 13.9. The second-order valence-corrected chi connectivity index (χ2v) is 5.35. The Labute approximate surface area is 116 Å². The summed E-state index contributed by atoms with van der Waals surface area (Å²) in [6.07, 6.45) is 2.55. The molecule has 1 amide bonds. The molecule has 104 valence electrons. The van der Waals surface area contributed by atoms with E-state index < -0.39 is 0 Å². The topological polar surface area (TPSA) is 23.6 Å². The van der Waals surface area contributed by atoms with E-state index in [0.29, 0.717) is 0 Å². The lowest BCUT2D eigenvalue weighted by Gasteiger charge is -2.22. The average molecular weight is 260 g/mol. The van der Waals surface area contributed by atoms with E-state index in [4.69, 9.17) is 0 Å². The third-order valence-electron chi connectivity index (χ3n) is 3.82. The fourth-order valence-electron chi connectivity index (χ4n) is 2.39. The van der Waals surface area contributed by atoms with Crippen molar-refractivity contribution >= 4 is 11.6 Å². The van der Waals surface area contributed by atoms with Crippen LogP contribution in [0.2, 0.25) is 0 Å². The van der Waals surface area contributed by atoms with Gasteiger partial charge in [0.2, 0.25) is 0 Å². The van der Waals surface area contributed by atoms with Gasteiger partial charge in [-0.05, 0) is 56.9 Å². The van der Waals surface area contributed by atoms with Gasteiger partial charge in [0.15, 0.2) is 0 Å². The van der Waals surface area contributed by atoms with Crippen molar-refractivity contribution in [2.45, 2.75) is 26.7 Å². The number of hydrogen-bond donors (Lipinski definition) is 0. The molecule has 1 saturated carbocycles. The van der Waals surface area contributed by atoms with Gasteiger partial charge in [-0.15, -0.1) is 0 Å². The van der Waals surface area contributed by atoms with Gasteiger partial charge in [0, 0.05) is 37.9 Å². The van der Waals surface area contributed by atoms with Crippen molar-refractivity contribution < 1.29 is 4.79 Å². The molecule has 0 unspecified atom stereocenters. The molecule has 1 aliphatic carbocycles. The zero-order chi connectivity index (χ0) is 13.8. The minimum Gasteiger partial charge on any atom is -0.372 e. The number of nitrogens with zero attached hydrogens (tertiary/aromatic N) is 2. The Hall–Kier alpha value is -1.51. The highest BCUT2D eigenvalue weighted by Crippen LogP contribution is 2.29. The number of carbonyl (C=O) groups is 1. The van der Waals surface area contributed by atoms with Gasteiger partial charge >= 0.3 is 0 Å². The van der Waals surface area contributed by atoms with Crippen LogP contribution in [0.25, 0.3) is 0 Å². The number of hydrogen-bond acceptors (Lipinski definition) is 2. The number of amides is 1. The summed E-state index contributed by atoms with van der Waals surface area (Å²) in [5.74, 6) is 0.877. The molecule has 19 heavy (non-hydrogen) atoms. The normalized spacial score (nSPS) is 14.3. The molecule has 0 spiro atoms. The predicted octanol–water partition coefficient (Wildman–Crippen LogP) is 3.01. The van der Waals surface area contributed by atoms with E-state index in [1.165, 1.54) is 18.5 Å². The van der Waals surface area contributed by atoms with Gasteiger partial charge in [-0.25, -0.2) is 0 Å². The number of benzene rings is 1. The summed E-state index contributed by atoms with van der Waals surface area (Å²) in [5, 5.41) is 0. The van der Waals surface area contributed by atoms with Gasteiger partial charge in [0.25, 0.3) is 5.91 Å². The molecule has 1 fully saturated rings. The highest BCUT2D eigenvalue weighted by Gasteiger charge is 2.25. The lowest BCUT2D eigenvalue weighted by molar-refractivity contribution is 0.0788. The van der Waals surface area contributed by atoms with E-state index in [1.807, 2.05) is 36.2 Å². The fourth-order valence-corrected chi connectivity index (χ4v) is 2.39. The van der Waals surface area contributed by atoms with Crippen molar-refractivity contribution in [3.05, 3.63) is 29.8 Å². The second kappa shape index (κ2) is 6.09. The molecule has 0 N–H and O–H groups in total. The van der Waals surface area contributed by atoms with Crippen molar-refractivity contribution in [2.24, 2.45) is 5.92 Å². The molecular formula is C16H24N2O. The largest absolute Gasteiger partial charge is 0.372 e. The molecule has 1 aromatic rings. The Morgan fingerprint density at radius 1 is 1.16 bits per heavy atom. The van der Waals surface area contributed by atoms with Crippen LogP contribution in [0.3, 0.4) is 0 Å². The molecule has 0 saturated heterocycles. The zero-order valence-electron chi connectivity index (χ0n) is 12.2. The first-order valence-corrected chi connectivity index (χ1v) is 7.26. The molecular weight excluding hydrogens is 236 g/mol. The van der Waals surface area contributed by atoms with E-state index in [1.54, 1.807) is 0 Å². The Kier molecular flexibility index (Phi) is 4.46. The third kappa shape index (κ3) is 3.49. The van der Waals surface area contributed by atoms with Crippen LogP contribution in [0.5, 0.6) is 0 Å². The molecule has 1 aliphatic rings. The minimum atomic E-state index is 0.137. The Balaban J connectivity index is 2.02. The molecule has 0 bridgehead atoms. The van der Waals surface area contributed by atoms with Crippen LogP contribution in [0.4, 0.5) is 5.69 Å². The number of anilines is 1. The smallest absolute Gasteiger partial charge is 0.253 e. The third-order valence-corrected chi connectivity index (χ3v) is 3.82. The standard InChI is InChI=1S/C16H24N2O/c1-4-18(5-2)15-10-8-14(9-11-15)16(19)17(3)12-13-6-7-13/h8-11,13H,4-7,12H2,1-3H3. The monoisotopic (exact) mass is 260 g/mol. The SMILES string of the molecule is CCN(CC)c1ccc(C(=O)N(C)CC2CC2)cc1. The van der Waals surface area contributed by atoms with Crippen LogP contribution >= 0.6 is 0 Å². The van der Waals surface area contributed by atoms with Gasteiger partial charge in [-0.1, -0.05) is 0 Å². The van der Waals surface area contributed by atoms with E-state index in [2.05, 4.69) is 18.7 Å². The van der Waals surface area contributed by atoms with Crippen molar-refractivity contribution in [3.8, 4) is 0 Å². The first-order chi connectivity index (χ1) is 9.15. The van der Waals surface area contributed by atoms with Gasteiger partial charge in [-0.2, -0.15) is 0 Å². The average Bonchev–Trinajstić information content (AvgIpc) is 3.24. The molecule has 3 heteroatoms. The Morgan fingerprint density at radius 3 is 2.21 bits per heavy atom. The van der Waals surface area contributed by atoms with Crippen LogP contribution in [0.1, 0.15) is 37.0 Å². The summed E-state index contributed by atoms with van der Waals surface area (Å²) in [4.78, 5) is 16.4. The van der Waals surface area contributed by atoms with Crippen LogP contribution in [0, 0.1) is 5.92 Å². The lowest BCUT2D eigenvalue weighted by Crippen LogP contribution is -2.28. The van der Waals surface area contributed by atoms with Crippen LogP contribution in [0.15, 0.2) is 24.3 Å². The van der Waals surface area contributed by atoms with Gasteiger partial charge in [0.05, 0.1) is 0 Å². The molecule has 1 aromatic carbocycles. The van der Waals surface area contributed by atoms with Crippen molar-refractivity contribution in [1.82, 2.24) is 4.90 Å². The molecule has 0 aromatic heterocycles. The molecule has 0 atom stereocenters. The van der Waals surface area contributed by atoms with E-state index in [9.17, 15) is 4.79 Å². The quantitative estimate of drug-likeness (QED) is 0.785. The zero-order valence-corrected chi connectivity index (χ0v) is 12.2. The maximum atomic E-state index is 12.2. The fraction of sp³-hybridized carbons (Fsp3) is 0.562. The first-order valence-electron chi connectivity index (χ1n) is 7.26. The molecule has 0 radical (unpaired) electrons. The van der Waals surface area contributed by atoms with Gasteiger partial charge < -0.3 is 9.80 Å². The molecule has 0 aliphatic heterocycles.